The lowest BCUT2D eigenvalue weighted by Crippen LogP contribution is -2.20. The number of para-hydroxylation sites is 1. The molecule has 3 rings (SSSR count). The van der Waals surface area contributed by atoms with Crippen LogP contribution in [0.5, 0.6) is 5.75 Å². The predicted octanol–water partition coefficient (Wildman–Crippen LogP) is 3.53. The van der Waals surface area contributed by atoms with Crippen LogP contribution in [-0.4, -0.2) is 39.6 Å². The molecule has 7 heteroatoms. The van der Waals surface area contributed by atoms with Gasteiger partial charge in [-0.05, 0) is 36.4 Å². The fourth-order valence-electron chi connectivity index (χ4n) is 2.01. The molecule has 3 aromatic rings. The van der Waals surface area contributed by atoms with Crippen molar-refractivity contribution in [1.82, 2.24) is 4.98 Å². The van der Waals surface area contributed by atoms with Gasteiger partial charge in [0.2, 0.25) is 0 Å². The highest BCUT2D eigenvalue weighted by Gasteiger charge is 2.10. The number of hydrogen-bond donors (Lipinski definition) is 2. The third-order valence-corrected chi connectivity index (χ3v) is 5.54. The number of fused-ring (bicyclic) bond motifs is 1. The van der Waals surface area contributed by atoms with Gasteiger partial charge in [0.15, 0.2) is 4.34 Å². The molecule has 1 atom stereocenters. The number of aliphatic hydroxyl groups is 1. The number of hydrogen-bond acceptors (Lipinski definition) is 6. The van der Waals surface area contributed by atoms with Crippen LogP contribution in [0.15, 0.2) is 52.9 Å². The Morgan fingerprint density at radius 2 is 1.96 bits per heavy atom. The lowest BCUT2D eigenvalue weighted by molar-refractivity contribution is 0.0696. The van der Waals surface area contributed by atoms with Crippen LogP contribution in [0.2, 0.25) is 0 Å². The Bertz CT molecular complexity index is 799. The quantitative estimate of drug-likeness (QED) is 0.627. The molecule has 0 saturated heterocycles. The summed E-state index contributed by atoms with van der Waals surface area (Å²) in [4.78, 5) is 15.3. The first kappa shape index (κ1) is 16.8. The molecule has 24 heavy (non-hydrogen) atoms. The number of aromatic nitrogens is 1. The van der Waals surface area contributed by atoms with Gasteiger partial charge in [0.25, 0.3) is 0 Å². The molecule has 2 N–H and O–H groups in total. The van der Waals surface area contributed by atoms with Crippen molar-refractivity contribution >= 4 is 39.3 Å². The standard InChI is InChI=1S/C17H15NO4S2/c19-12(9-22-13-7-5-11(6-8-13)16(20)21)10-23-17-18-14-3-1-2-4-15(14)24-17/h1-8,12,19H,9-10H2,(H,20,21). The average Bonchev–Trinajstić information content (AvgIpc) is 3.01. The number of thioether (sulfide) groups is 1. The summed E-state index contributed by atoms with van der Waals surface area (Å²) in [6.45, 7) is 0.143. The largest absolute Gasteiger partial charge is 0.491 e. The Hall–Kier alpha value is -2.09. The zero-order valence-corrected chi connectivity index (χ0v) is 14.2. The number of aliphatic hydroxyl groups excluding tert-OH is 1. The molecule has 0 aliphatic heterocycles. The third-order valence-electron chi connectivity index (χ3n) is 3.22. The van der Waals surface area contributed by atoms with Gasteiger partial charge in [-0.3, -0.25) is 0 Å². The minimum atomic E-state index is -0.978. The molecule has 124 valence electrons. The minimum absolute atomic E-state index is 0.143. The van der Waals surface area contributed by atoms with E-state index in [9.17, 15) is 9.90 Å². The summed E-state index contributed by atoms with van der Waals surface area (Å²) in [7, 11) is 0. The number of rotatable bonds is 7. The summed E-state index contributed by atoms with van der Waals surface area (Å²) in [5.74, 6) is 0.0328. The molecule has 0 aliphatic rings. The summed E-state index contributed by atoms with van der Waals surface area (Å²) in [5, 5.41) is 18.9. The van der Waals surface area contributed by atoms with E-state index in [0.29, 0.717) is 11.5 Å². The van der Waals surface area contributed by atoms with Crippen LogP contribution in [0.3, 0.4) is 0 Å². The van der Waals surface area contributed by atoms with Crippen LogP contribution in [0.4, 0.5) is 0 Å². The first-order chi connectivity index (χ1) is 11.6. The van der Waals surface area contributed by atoms with Crippen molar-refractivity contribution in [3.63, 3.8) is 0 Å². The first-order valence-electron chi connectivity index (χ1n) is 7.24. The summed E-state index contributed by atoms with van der Waals surface area (Å²) >= 11 is 3.10. The van der Waals surface area contributed by atoms with E-state index >= 15 is 0 Å². The highest BCUT2D eigenvalue weighted by Crippen LogP contribution is 2.29. The maximum Gasteiger partial charge on any atom is 0.335 e. The highest BCUT2D eigenvalue weighted by atomic mass is 32.2. The number of carboxylic acids is 1. The molecular formula is C17H15NO4S2. The summed E-state index contributed by atoms with van der Waals surface area (Å²) in [5.41, 5.74) is 1.17. The van der Waals surface area contributed by atoms with Crippen molar-refractivity contribution in [2.75, 3.05) is 12.4 Å². The van der Waals surface area contributed by atoms with Crippen LogP contribution in [-0.2, 0) is 0 Å². The van der Waals surface area contributed by atoms with Crippen molar-refractivity contribution in [3.8, 4) is 5.75 Å². The Morgan fingerprint density at radius 1 is 1.21 bits per heavy atom. The number of carbonyl (C=O) groups is 1. The smallest absolute Gasteiger partial charge is 0.335 e. The number of aromatic carboxylic acids is 1. The topological polar surface area (TPSA) is 79.7 Å². The molecule has 1 aromatic heterocycles. The second-order valence-electron chi connectivity index (χ2n) is 5.05. The summed E-state index contributed by atoms with van der Waals surface area (Å²) in [6.07, 6.45) is -0.638. The lowest BCUT2D eigenvalue weighted by Gasteiger charge is -2.11. The molecule has 5 nitrogen and oxygen atoms in total. The van der Waals surface area contributed by atoms with Crippen LogP contribution < -0.4 is 4.74 Å². The van der Waals surface area contributed by atoms with E-state index in [1.54, 1.807) is 23.5 Å². The number of thiazole rings is 1. The maximum atomic E-state index is 10.8. The summed E-state index contributed by atoms with van der Waals surface area (Å²) in [6, 6.07) is 14.0. The van der Waals surface area contributed by atoms with Crippen LogP contribution in [0.25, 0.3) is 10.2 Å². The van der Waals surface area contributed by atoms with E-state index in [-0.39, 0.29) is 12.2 Å². The van der Waals surface area contributed by atoms with Crippen molar-refractivity contribution in [2.24, 2.45) is 0 Å². The first-order valence-corrected chi connectivity index (χ1v) is 9.04. The molecule has 1 heterocycles. The molecule has 0 bridgehead atoms. The van der Waals surface area contributed by atoms with Gasteiger partial charge in [-0.1, -0.05) is 23.9 Å². The van der Waals surface area contributed by atoms with E-state index in [2.05, 4.69) is 4.98 Å². The normalized spacial score (nSPS) is 12.2. The zero-order valence-electron chi connectivity index (χ0n) is 12.6. The van der Waals surface area contributed by atoms with E-state index in [1.165, 1.54) is 23.9 Å². The zero-order chi connectivity index (χ0) is 16.9. The van der Waals surface area contributed by atoms with Crippen LogP contribution in [0, 0.1) is 0 Å². The number of carboxylic acid groups (broad SMARTS) is 1. The molecule has 0 spiro atoms. The van der Waals surface area contributed by atoms with Gasteiger partial charge in [-0.2, -0.15) is 0 Å². The van der Waals surface area contributed by atoms with Gasteiger partial charge in [-0.15, -0.1) is 11.3 Å². The third kappa shape index (κ3) is 4.25. The number of nitrogens with zero attached hydrogens (tertiary/aromatic N) is 1. The fourth-order valence-corrected chi connectivity index (χ4v) is 4.01. The van der Waals surface area contributed by atoms with Crippen LogP contribution in [0.1, 0.15) is 10.4 Å². The van der Waals surface area contributed by atoms with Crippen molar-refractivity contribution < 1.29 is 19.7 Å². The van der Waals surface area contributed by atoms with Gasteiger partial charge < -0.3 is 14.9 Å². The van der Waals surface area contributed by atoms with Gasteiger partial charge in [0.1, 0.15) is 12.4 Å². The monoisotopic (exact) mass is 361 g/mol. The molecule has 0 fully saturated rings. The number of benzene rings is 2. The molecule has 0 amide bonds. The van der Waals surface area contributed by atoms with E-state index < -0.39 is 12.1 Å². The van der Waals surface area contributed by atoms with E-state index in [1.807, 2.05) is 24.3 Å². The van der Waals surface area contributed by atoms with E-state index in [0.717, 1.165) is 14.6 Å². The van der Waals surface area contributed by atoms with Gasteiger partial charge in [0, 0.05) is 5.75 Å². The second kappa shape index (κ2) is 7.65. The van der Waals surface area contributed by atoms with Crippen molar-refractivity contribution in [2.45, 2.75) is 10.4 Å². The summed E-state index contributed by atoms with van der Waals surface area (Å²) < 4.78 is 7.52. The highest BCUT2D eigenvalue weighted by molar-refractivity contribution is 8.01. The van der Waals surface area contributed by atoms with Gasteiger partial charge >= 0.3 is 5.97 Å². The molecule has 0 aliphatic carbocycles. The van der Waals surface area contributed by atoms with Gasteiger partial charge in [0.05, 0.1) is 21.9 Å². The van der Waals surface area contributed by atoms with Gasteiger partial charge in [-0.25, -0.2) is 9.78 Å². The van der Waals surface area contributed by atoms with Crippen molar-refractivity contribution in [1.29, 1.82) is 0 Å². The number of ether oxygens (including phenoxy) is 1. The molecule has 0 saturated carbocycles. The SMILES string of the molecule is O=C(O)c1ccc(OCC(O)CSc2nc3ccccc3s2)cc1. The van der Waals surface area contributed by atoms with E-state index in [4.69, 9.17) is 9.84 Å². The lowest BCUT2D eigenvalue weighted by atomic mass is 10.2. The molecule has 0 radical (unpaired) electrons. The Kier molecular flexibility index (Phi) is 5.34. The van der Waals surface area contributed by atoms with Crippen molar-refractivity contribution in [3.05, 3.63) is 54.1 Å². The Morgan fingerprint density at radius 3 is 2.67 bits per heavy atom. The molecule has 2 aromatic carbocycles. The predicted molar refractivity (Wildman–Crippen MR) is 95.2 cm³/mol. The molecule has 1 unspecified atom stereocenters. The van der Waals surface area contributed by atoms with Crippen LogP contribution >= 0.6 is 23.1 Å². The Balaban J connectivity index is 1.48. The maximum absolute atomic E-state index is 10.8. The fraction of sp³-hybridized carbons (Fsp3) is 0.176. The minimum Gasteiger partial charge on any atom is -0.491 e. The Labute approximate surface area is 146 Å². The average molecular weight is 361 g/mol. The molecular weight excluding hydrogens is 346 g/mol. The second-order valence-corrected chi connectivity index (χ2v) is 7.35.